The summed E-state index contributed by atoms with van der Waals surface area (Å²) in [6, 6.07) is 4.89. The van der Waals surface area contributed by atoms with Gasteiger partial charge in [-0.3, -0.25) is 4.68 Å². The largest absolute Gasteiger partial charge is 0.392 e. The SMILES string of the molecule is CCc1nn(Cc2cc(Br)ccc2F)c(CC)c1CO. The van der Waals surface area contributed by atoms with Gasteiger partial charge < -0.3 is 5.11 Å². The van der Waals surface area contributed by atoms with Gasteiger partial charge in [0.1, 0.15) is 5.82 Å². The van der Waals surface area contributed by atoms with Crippen molar-refractivity contribution in [2.75, 3.05) is 0 Å². The fraction of sp³-hybridized carbons (Fsp3) is 0.400. The Morgan fingerprint density at radius 2 is 2.05 bits per heavy atom. The van der Waals surface area contributed by atoms with E-state index in [-0.39, 0.29) is 12.4 Å². The number of benzene rings is 1. The lowest BCUT2D eigenvalue weighted by Crippen LogP contribution is -2.08. The van der Waals surface area contributed by atoms with E-state index in [4.69, 9.17) is 0 Å². The van der Waals surface area contributed by atoms with Crippen LogP contribution in [0.4, 0.5) is 4.39 Å². The van der Waals surface area contributed by atoms with E-state index in [1.54, 1.807) is 16.8 Å². The van der Waals surface area contributed by atoms with Gasteiger partial charge in [0, 0.05) is 21.3 Å². The molecule has 0 spiro atoms. The van der Waals surface area contributed by atoms with E-state index >= 15 is 0 Å². The van der Waals surface area contributed by atoms with Crippen molar-refractivity contribution in [3.63, 3.8) is 0 Å². The van der Waals surface area contributed by atoms with Gasteiger partial charge in [-0.05, 0) is 31.0 Å². The molecule has 0 atom stereocenters. The molecule has 0 saturated heterocycles. The van der Waals surface area contributed by atoms with Gasteiger partial charge in [-0.2, -0.15) is 5.10 Å². The summed E-state index contributed by atoms with van der Waals surface area (Å²) < 4.78 is 16.5. The second-order valence-corrected chi connectivity index (χ2v) is 5.55. The number of aryl methyl sites for hydroxylation is 1. The number of hydrogen-bond acceptors (Lipinski definition) is 2. The summed E-state index contributed by atoms with van der Waals surface area (Å²) in [5.74, 6) is -0.241. The van der Waals surface area contributed by atoms with Gasteiger partial charge in [-0.25, -0.2) is 4.39 Å². The van der Waals surface area contributed by atoms with Crippen molar-refractivity contribution >= 4 is 15.9 Å². The van der Waals surface area contributed by atoms with Gasteiger partial charge in [0.2, 0.25) is 0 Å². The molecule has 0 aliphatic carbocycles. The van der Waals surface area contributed by atoms with Crippen LogP contribution in [0.25, 0.3) is 0 Å². The first-order valence-electron chi connectivity index (χ1n) is 6.72. The Bertz CT molecular complexity index is 610. The lowest BCUT2D eigenvalue weighted by Gasteiger charge is -2.08. The highest BCUT2D eigenvalue weighted by atomic mass is 79.9. The van der Waals surface area contributed by atoms with Crippen LogP contribution < -0.4 is 0 Å². The third-order valence-corrected chi connectivity index (χ3v) is 3.90. The minimum absolute atomic E-state index is 0.0205. The van der Waals surface area contributed by atoms with E-state index in [1.807, 2.05) is 13.8 Å². The number of nitrogens with zero attached hydrogens (tertiary/aromatic N) is 2. The highest BCUT2D eigenvalue weighted by Crippen LogP contribution is 2.20. The molecule has 108 valence electrons. The molecule has 2 aromatic rings. The normalized spacial score (nSPS) is 11.1. The predicted octanol–water partition coefficient (Wildman–Crippen LogP) is 3.45. The molecule has 2 rings (SSSR count). The minimum atomic E-state index is -0.241. The monoisotopic (exact) mass is 340 g/mol. The standard InChI is InChI=1S/C15H18BrFN2O/c1-3-14-12(9-20)15(4-2)19(18-14)8-10-7-11(16)5-6-13(10)17/h5-7,20H,3-4,8-9H2,1-2H3. The van der Waals surface area contributed by atoms with Crippen molar-refractivity contribution in [2.24, 2.45) is 0 Å². The summed E-state index contributed by atoms with van der Waals surface area (Å²) >= 11 is 3.36. The number of halogens is 2. The zero-order valence-corrected chi connectivity index (χ0v) is 13.2. The van der Waals surface area contributed by atoms with Crippen LogP contribution in [0.5, 0.6) is 0 Å². The van der Waals surface area contributed by atoms with E-state index in [1.165, 1.54) is 6.07 Å². The maximum Gasteiger partial charge on any atom is 0.128 e. The molecule has 0 fully saturated rings. The van der Waals surface area contributed by atoms with Gasteiger partial charge in [-0.1, -0.05) is 29.8 Å². The Balaban J connectivity index is 2.42. The first kappa shape index (κ1) is 15.2. The highest BCUT2D eigenvalue weighted by Gasteiger charge is 2.15. The Morgan fingerprint density at radius 1 is 1.30 bits per heavy atom. The first-order chi connectivity index (χ1) is 9.60. The number of hydrogen-bond donors (Lipinski definition) is 1. The molecule has 20 heavy (non-hydrogen) atoms. The first-order valence-corrected chi connectivity index (χ1v) is 7.52. The van der Waals surface area contributed by atoms with Gasteiger partial charge in [0.15, 0.2) is 0 Å². The Hall–Kier alpha value is -1.20. The van der Waals surface area contributed by atoms with E-state index in [9.17, 15) is 9.50 Å². The molecule has 1 aromatic heterocycles. The predicted molar refractivity (Wildman–Crippen MR) is 80.1 cm³/mol. The number of rotatable bonds is 5. The van der Waals surface area contributed by atoms with Crippen LogP contribution in [0.1, 0.15) is 36.4 Å². The van der Waals surface area contributed by atoms with E-state index in [0.717, 1.165) is 34.3 Å². The van der Waals surface area contributed by atoms with Crippen LogP contribution in [0, 0.1) is 5.82 Å². The Morgan fingerprint density at radius 3 is 2.65 bits per heavy atom. The summed E-state index contributed by atoms with van der Waals surface area (Å²) in [4.78, 5) is 0. The van der Waals surface area contributed by atoms with Crippen LogP contribution in [-0.4, -0.2) is 14.9 Å². The second-order valence-electron chi connectivity index (χ2n) is 4.63. The fourth-order valence-corrected chi connectivity index (χ4v) is 2.82. The summed E-state index contributed by atoms with van der Waals surface area (Å²) in [5, 5.41) is 14.0. The maximum absolute atomic E-state index is 13.9. The lowest BCUT2D eigenvalue weighted by molar-refractivity contribution is 0.279. The summed E-state index contributed by atoms with van der Waals surface area (Å²) in [6.45, 7) is 4.38. The molecule has 0 aliphatic heterocycles. The molecule has 1 aromatic carbocycles. The van der Waals surface area contributed by atoms with Crippen molar-refractivity contribution in [3.8, 4) is 0 Å². The van der Waals surface area contributed by atoms with E-state index in [2.05, 4.69) is 21.0 Å². The zero-order valence-electron chi connectivity index (χ0n) is 11.7. The van der Waals surface area contributed by atoms with Crippen molar-refractivity contribution in [1.82, 2.24) is 9.78 Å². The second kappa shape index (κ2) is 6.50. The maximum atomic E-state index is 13.9. The number of aliphatic hydroxyl groups excluding tert-OH is 1. The van der Waals surface area contributed by atoms with Crippen LogP contribution >= 0.6 is 15.9 Å². The number of aromatic nitrogens is 2. The summed E-state index contributed by atoms with van der Waals surface area (Å²) in [5.41, 5.74) is 3.33. The quantitative estimate of drug-likeness (QED) is 0.905. The third kappa shape index (κ3) is 2.94. The van der Waals surface area contributed by atoms with E-state index < -0.39 is 0 Å². The van der Waals surface area contributed by atoms with Gasteiger partial charge in [0.05, 0.1) is 18.8 Å². The van der Waals surface area contributed by atoms with Crippen molar-refractivity contribution in [3.05, 3.63) is 51.0 Å². The average Bonchev–Trinajstić information content (AvgIpc) is 2.79. The number of aliphatic hydroxyl groups is 1. The van der Waals surface area contributed by atoms with Crippen LogP contribution in [-0.2, 0) is 26.0 Å². The molecule has 0 unspecified atom stereocenters. The Kier molecular flexibility index (Phi) is 4.94. The molecular weight excluding hydrogens is 323 g/mol. The highest BCUT2D eigenvalue weighted by molar-refractivity contribution is 9.10. The molecule has 3 nitrogen and oxygen atoms in total. The smallest absolute Gasteiger partial charge is 0.128 e. The summed E-state index contributed by atoms with van der Waals surface area (Å²) in [7, 11) is 0. The zero-order chi connectivity index (χ0) is 14.7. The van der Waals surface area contributed by atoms with Gasteiger partial charge in [-0.15, -0.1) is 0 Å². The molecule has 0 bridgehead atoms. The molecule has 0 saturated carbocycles. The molecule has 0 amide bonds. The molecule has 0 radical (unpaired) electrons. The average molecular weight is 341 g/mol. The summed E-state index contributed by atoms with van der Waals surface area (Å²) in [6.07, 6.45) is 1.52. The fourth-order valence-electron chi connectivity index (χ4n) is 2.41. The molecule has 5 heteroatoms. The van der Waals surface area contributed by atoms with Crippen molar-refractivity contribution in [2.45, 2.75) is 39.8 Å². The lowest BCUT2D eigenvalue weighted by atomic mass is 10.1. The van der Waals surface area contributed by atoms with E-state index in [0.29, 0.717) is 12.1 Å². The van der Waals surface area contributed by atoms with Crippen molar-refractivity contribution in [1.29, 1.82) is 0 Å². The van der Waals surface area contributed by atoms with Gasteiger partial charge in [0.25, 0.3) is 0 Å². The molecule has 0 aliphatic rings. The minimum Gasteiger partial charge on any atom is -0.392 e. The van der Waals surface area contributed by atoms with Crippen LogP contribution in [0.3, 0.4) is 0 Å². The van der Waals surface area contributed by atoms with Gasteiger partial charge >= 0.3 is 0 Å². The molecule has 1 N–H and O–H groups in total. The third-order valence-electron chi connectivity index (χ3n) is 3.41. The Labute approximate surface area is 126 Å². The topological polar surface area (TPSA) is 38.0 Å². The van der Waals surface area contributed by atoms with Crippen LogP contribution in [0.2, 0.25) is 0 Å². The molecule has 1 heterocycles. The van der Waals surface area contributed by atoms with Crippen molar-refractivity contribution < 1.29 is 9.50 Å². The molecular formula is C15H18BrFN2O. The van der Waals surface area contributed by atoms with Crippen LogP contribution in [0.15, 0.2) is 22.7 Å².